The Morgan fingerprint density at radius 1 is 1.37 bits per heavy atom. The molecule has 0 aromatic carbocycles. The number of hydrogen-bond acceptors (Lipinski definition) is 4. The topological polar surface area (TPSA) is 24.5 Å². The third-order valence-corrected chi connectivity index (χ3v) is 3.96. The van der Waals surface area contributed by atoms with Crippen molar-refractivity contribution in [2.24, 2.45) is 5.92 Å². The van der Waals surface area contributed by atoms with Crippen LogP contribution in [0, 0.1) is 12.8 Å². The predicted octanol–water partition coefficient (Wildman–Crippen LogP) is 2.88. The van der Waals surface area contributed by atoms with Crippen molar-refractivity contribution in [3.05, 3.63) is 21.4 Å². The first kappa shape index (κ1) is 16.6. The van der Waals surface area contributed by atoms with Crippen LogP contribution < -0.4 is 5.32 Å². The van der Waals surface area contributed by atoms with Crippen LogP contribution in [0.5, 0.6) is 0 Å². The first-order chi connectivity index (χ1) is 8.99. The van der Waals surface area contributed by atoms with E-state index in [1.54, 1.807) is 0 Å². The van der Waals surface area contributed by atoms with Crippen LogP contribution >= 0.6 is 11.3 Å². The van der Waals surface area contributed by atoms with Crippen molar-refractivity contribution < 1.29 is 4.74 Å². The van der Waals surface area contributed by atoms with Crippen molar-refractivity contribution in [2.45, 2.75) is 33.9 Å². The van der Waals surface area contributed by atoms with Crippen molar-refractivity contribution in [1.82, 2.24) is 10.2 Å². The molecule has 0 aliphatic heterocycles. The number of ether oxygens (including phenoxy) is 1. The number of thiophene rings is 1. The summed E-state index contributed by atoms with van der Waals surface area (Å²) in [6.45, 7) is 11.2. The third-order valence-electron chi connectivity index (χ3n) is 2.86. The Bertz CT molecular complexity index is 361. The maximum atomic E-state index is 5.71. The highest BCUT2D eigenvalue weighted by atomic mass is 32.1. The number of rotatable bonds is 9. The molecule has 1 heterocycles. The maximum Gasteiger partial charge on any atom is 0.0728 e. The quantitative estimate of drug-likeness (QED) is 0.706. The fraction of sp³-hybridized carbons (Fsp3) is 0.733. The molecule has 0 radical (unpaired) electrons. The highest BCUT2D eigenvalue weighted by Gasteiger charge is 2.06. The van der Waals surface area contributed by atoms with Crippen LogP contribution in [0.25, 0.3) is 0 Å². The number of nitrogens with one attached hydrogen (secondary N) is 1. The second-order valence-electron chi connectivity index (χ2n) is 5.67. The summed E-state index contributed by atoms with van der Waals surface area (Å²) in [5.41, 5.74) is 1.34. The first-order valence-electron chi connectivity index (χ1n) is 7.00. The molecule has 0 bridgehead atoms. The molecule has 0 amide bonds. The number of aryl methyl sites for hydroxylation is 1. The average Bonchev–Trinajstić information content (AvgIpc) is 2.65. The summed E-state index contributed by atoms with van der Waals surface area (Å²) in [6, 6.07) is 2.28. The predicted molar refractivity (Wildman–Crippen MR) is 83.8 cm³/mol. The van der Waals surface area contributed by atoms with Gasteiger partial charge in [0.1, 0.15) is 0 Å². The highest BCUT2D eigenvalue weighted by molar-refractivity contribution is 7.12. The molecule has 19 heavy (non-hydrogen) atoms. The van der Waals surface area contributed by atoms with Crippen LogP contribution in [0.4, 0.5) is 0 Å². The Kier molecular flexibility index (Phi) is 7.61. The molecule has 0 saturated carbocycles. The average molecular weight is 284 g/mol. The Morgan fingerprint density at radius 2 is 2.11 bits per heavy atom. The van der Waals surface area contributed by atoms with Crippen molar-refractivity contribution in [1.29, 1.82) is 0 Å². The van der Waals surface area contributed by atoms with E-state index in [2.05, 4.69) is 51.1 Å². The molecule has 3 nitrogen and oxygen atoms in total. The van der Waals surface area contributed by atoms with E-state index >= 15 is 0 Å². The van der Waals surface area contributed by atoms with E-state index in [1.807, 2.05) is 11.3 Å². The lowest BCUT2D eigenvalue weighted by Crippen LogP contribution is -2.18. The van der Waals surface area contributed by atoms with E-state index < -0.39 is 0 Å². The smallest absolute Gasteiger partial charge is 0.0728 e. The molecule has 0 fully saturated rings. The third kappa shape index (κ3) is 7.06. The van der Waals surface area contributed by atoms with Gasteiger partial charge in [0.15, 0.2) is 0 Å². The summed E-state index contributed by atoms with van der Waals surface area (Å²) in [6.07, 6.45) is 0. The molecule has 1 rings (SSSR count). The monoisotopic (exact) mass is 284 g/mol. The number of nitrogens with zero attached hydrogens (tertiary/aromatic N) is 1. The minimum absolute atomic E-state index is 0.704. The molecule has 0 saturated heterocycles. The largest absolute Gasteiger partial charge is 0.375 e. The molecular weight excluding hydrogens is 256 g/mol. The molecule has 1 aromatic heterocycles. The van der Waals surface area contributed by atoms with Gasteiger partial charge in [0.05, 0.1) is 13.2 Å². The lowest BCUT2D eigenvalue weighted by atomic mass is 10.2. The fourth-order valence-corrected chi connectivity index (χ4v) is 2.75. The van der Waals surface area contributed by atoms with Crippen molar-refractivity contribution >= 4 is 11.3 Å². The van der Waals surface area contributed by atoms with E-state index in [0.717, 1.165) is 32.8 Å². The summed E-state index contributed by atoms with van der Waals surface area (Å²) in [7, 11) is 4.13. The van der Waals surface area contributed by atoms with Crippen molar-refractivity contribution in [3.63, 3.8) is 0 Å². The van der Waals surface area contributed by atoms with Gasteiger partial charge in [-0.2, -0.15) is 0 Å². The van der Waals surface area contributed by atoms with Gasteiger partial charge in [-0.25, -0.2) is 0 Å². The zero-order valence-corrected chi connectivity index (χ0v) is 13.8. The summed E-state index contributed by atoms with van der Waals surface area (Å²) in [4.78, 5) is 4.93. The first-order valence-corrected chi connectivity index (χ1v) is 7.82. The van der Waals surface area contributed by atoms with Crippen LogP contribution in [-0.4, -0.2) is 38.7 Å². The lowest BCUT2D eigenvalue weighted by Gasteiger charge is -2.09. The van der Waals surface area contributed by atoms with Gasteiger partial charge in [-0.1, -0.05) is 13.8 Å². The maximum absolute atomic E-state index is 5.71. The van der Waals surface area contributed by atoms with Crippen LogP contribution in [0.15, 0.2) is 6.07 Å². The SMILES string of the molecule is Cc1sc(CNCC(C)C)cc1COCCN(C)C. The molecule has 0 unspecified atom stereocenters. The Hall–Kier alpha value is -0.420. The fourth-order valence-electron chi connectivity index (χ4n) is 1.73. The Morgan fingerprint density at radius 3 is 2.74 bits per heavy atom. The number of hydrogen-bond donors (Lipinski definition) is 1. The van der Waals surface area contributed by atoms with Crippen LogP contribution in [0.3, 0.4) is 0 Å². The van der Waals surface area contributed by atoms with E-state index in [-0.39, 0.29) is 0 Å². The van der Waals surface area contributed by atoms with Gasteiger partial charge in [0.2, 0.25) is 0 Å². The second kappa shape index (κ2) is 8.69. The van der Waals surface area contributed by atoms with Gasteiger partial charge in [0.25, 0.3) is 0 Å². The molecule has 0 spiro atoms. The van der Waals surface area contributed by atoms with Crippen molar-refractivity contribution in [2.75, 3.05) is 33.8 Å². The van der Waals surface area contributed by atoms with Crippen LogP contribution in [0.2, 0.25) is 0 Å². The van der Waals surface area contributed by atoms with Gasteiger partial charge in [-0.15, -0.1) is 11.3 Å². The van der Waals surface area contributed by atoms with Crippen LogP contribution in [-0.2, 0) is 17.9 Å². The Labute approximate surface area is 122 Å². The zero-order chi connectivity index (χ0) is 14.3. The molecule has 1 N–H and O–H groups in total. The minimum Gasteiger partial charge on any atom is -0.375 e. The molecule has 1 aromatic rings. The molecule has 110 valence electrons. The minimum atomic E-state index is 0.704. The van der Waals surface area contributed by atoms with Gasteiger partial charge >= 0.3 is 0 Å². The van der Waals surface area contributed by atoms with Gasteiger partial charge < -0.3 is 15.0 Å². The van der Waals surface area contributed by atoms with Gasteiger partial charge in [-0.05, 0) is 45.1 Å². The second-order valence-corrected chi connectivity index (χ2v) is 7.02. The molecule has 4 heteroatoms. The lowest BCUT2D eigenvalue weighted by molar-refractivity contribution is 0.105. The normalized spacial score (nSPS) is 11.7. The molecule has 0 aliphatic rings. The van der Waals surface area contributed by atoms with E-state index in [1.165, 1.54) is 15.3 Å². The molecular formula is C15H28N2OS. The van der Waals surface area contributed by atoms with E-state index in [4.69, 9.17) is 4.74 Å². The summed E-state index contributed by atoms with van der Waals surface area (Å²) in [5, 5.41) is 3.49. The van der Waals surface area contributed by atoms with E-state index in [0.29, 0.717) is 5.92 Å². The van der Waals surface area contributed by atoms with Crippen LogP contribution in [0.1, 0.15) is 29.2 Å². The summed E-state index contributed by atoms with van der Waals surface area (Å²) < 4.78 is 5.71. The highest BCUT2D eigenvalue weighted by Crippen LogP contribution is 2.22. The molecule has 0 atom stereocenters. The molecule has 0 aliphatic carbocycles. The van der Waals surface area contributed by atoms with Crippen molar-refractivity contribution in [3.8, 4) is 0 Å². The summed E-state index contributed by atoms with van der Waals surface area (Å²) in [5.74, 6) is 0.704. The van der Waals surface area contributed by atoms with Gasteiger partial charge in [-0.3, -0.25) is 0 Å². The number of likely N-dealkylation sites (N-methyl/N-ethyl adjacent to an activating group) is 1. The van der Waals surface area contributed by atoms with E-state index in [9.17, 15) is 0 Å². The summed E-state index contributed by atoms with van der Waals surface area (Å²) >= 11 is 1.88. The Balaban J connectivity index is 2.32. The standard InChI is InChI=1S/C15H28N2OS/c1-12(2)9-16-10-15-8-14(13(3)19-15)11-18-7-6-17(4)5/h8,12,16H,6-7,9-11H2,1-5H3. The van der Waals surface area contributed by atoms with Gasteiger partial charge in [0, 0.05) is 22.8 Å². The zero-order valence-electron chi connectivity index (χ0n) is 13.0.